The Bertz CT molecular complexity index is 8110. The molecule has 30 heteroatoms. The quantitative estimate of drug-likeness (QED) is 0.0386. The number of hydrogen-bond acceptors (Lipinski definition) is 20. The smallest absolute Gasteiger partial charge is 0.251 e. The maximum atomic E-state index is 13.2. The van der Waals surface area contributed by atoms with Gasteiger partial charge in [-0.15, -0.1) is 0 Å². The number of fused-ring (bicyclic) bond motifs is 18. The molecule has 0 fully saturated rings. The van der Waals surface area contributed by atoms with E-state index >= 15 is 0 Å². The molecule has 6 heterocycles. The minimum atomic E-state index is -0.606. The lowest BCUT2D eigenvalue weighted by Gasteiger charge is -2.17. The highest BCUT2D eigenvalue weighted by Gasteiger charge is 2.40. The summed E-state index contributed by atoms with van der Waals surface area (Å²) < 4.78 is 57.1. The molecule has 26 nitrogen and oxygen atoms in total. The first-order valence-electron chi connectivity index (χ1n) is 46.7. The largest absolute Gasteiger partial charge is 0.485 e. The van der Waals surface area contributed by atoms with Gasteiger partial charge in [-0.1, -0.05) is 231 Å². The van der Waals surface area contributed by atoms with E-state index in [9.17, 15) is 75.1 Å². The lowest BCUT2D eigenvalue weighted by Crippen LogP contribution is -2.21. The van der Waals surface area contributed by atoms with E-state index in [4.69, 9.17) is 4.74 Å². The monoisotopic (exact) mass is 1950 g/mol. The van der Waals surface area contributed by atoms with Crippen LogP contribution in [0.2, 0.25) is 0 Å². The van der Waals surface area contributed by atoms with Gasteiger partial charge in [0.15, 0.2) is 0 Å². The van der Waals surface area contributed by atoms with Gasteiger partial charge in [0.1, 0.15) is 139 Å². The SMILES string of the molecule is CCc1nc2c([nH]1)C(=O)C(=O)c1ccccc1-2.CN(Cc1nc2c([nH]1)C(=O)C(=O)c1ccccc1-2)c1ccccc1.Cc1cc(F)ccc1CCc1nc2c([nH]1)C(=O)C(=O)c1ccccc1-2.Cc1cc(F)ccc1OCc1nc2c([nH]1)C(=O)C(=O)c1ccccc1-2.Cc1cccc(F)c1.O=C1C(=O)c2[nH]c(CCc3ccc(F)cc3)nc2-c2ccccc21.O=C1C(=O)c2[nH]c(CCc3ccccc3)nc2-c2ccccc21. The highest BCUT2D eigenvalue weighted by molar-refractivity contribution is 6.55. The number of benzene rings is 12. The molecule has 0 saturated carbocycles. The summed E-state index contributed by atoms with van der Waals surface area (Å²) in [7, 11) is 1.96. The average Bonchev–Trinajstić information content (AvgIpc) is 1.59. The number of aromatic amines is 6. The number of hydrogen-bond donors (Lipinski definition) is 6. The molecule has 0 saturated heterocycles. The van der Waals surface area contributed by atoms with E-state index in [0.29, 0.717) is 181 Å². The Hall–Kier alpha value is -18.7. The van der Waals surface area contributed by atoms with Crippen molar-refractivity contribution in [2.24, 2.45) is 0 Å². The number of nitrogens with zero attached hydrogens (tertiary/aromatic N) is 7. The van der Waals surface area contributed by atoms with E-state index in [0.717, 1.165) is 57.1 Å². The Morgan fingerprint density at radius 3 is 0.911 bits per heavy atom. The molecule has 0 amide bonds. The lowest BCUT2D eigenvalue weighted by molar-refractivity contribution is 0.0812. The lowest BCUT2D eigenvalue weighted by atomic mass is 9.90. The number of imidazole rings is 6. The summed E-state index contributed by atoms with van der Waals surface area (Å²) in [6.07, 6.45) is 4.71. The number of nitrogens with one attached hydrogen (secondary N) is 6. The van der Waals surface area contributed by atoms with Gasteiger partial charge >= 0.3 is 0 Å². The number of anilines is 1. The van der Waals surface area contributed by atoms with Crippen LogP contribution < -0.4 is 9.64 Å². The normalized spacial score (nSPS) is 12.7. The van der Waals surface area contributed by atoms with E-state index in [1.54, 1.807) is 128 Å². The summed E-state index contributed by atoms with van der Waals surface area (Å²) in [4.78, 5) is 193. The predicted octanol–water partition coefficient (Wildman–Crippen LogP) is 21.0. The van der Waals surface area contributed by atoms with Gasteiger partial charge in [-0.3, -0.25) is 57.5 Å². The van der Waals surface area contributed by atoms with Crippen molar-refractivity contribution in [3.63, 3.8) is 0 Å². The molecule has 0 atom stereocenters. The number of H-pyrrole nitrogens is 6. The highest BCUT2D eigenvalue weighted by atomic mass is 19.1. The van der Waals surface area contributed by atoms with Gasteiger partial charge in [0.2, 0.25) is 34.7 Å². The summed E-state index contributed by atoms with van der Waals surface area (Å²) in [5.74, 6) is -2.86. The minimum absolute atomic E-state index is 0.0725. The summed E-state index contributed by atoms with van der Waals surface area (Å²) in [5, 5.41) is 0. The Balaban J connectivity index is 0.000000113. The Morgan fingerprint density at radius 1 is 0.260 bits per heavy atom. The van der Waals surface area contributed by atoms with Crippen molar-refractivity contribution in [2.45, 2.75) is 85.8 Å². The highest BCUT2D eigenvalue weighted by Crippen LogP contribution is 2.40. The van der Waals surface area contributed by atoms with Gasteiger partial charge < -0.3 is 39.5 Å². The van der Waals surface area contributed by atoms with E-state index < -0.39 is 69.4 Å². The van der Waals surface area contributed by atoms with Gasteiger partial charge in [0, 0.05) is 105 Å². The Labute approximate surface area is 831 Å². The molecule has 0 radical (unpaired) electrons. The van der Waals surface area contributed by atoms with Gasteiger partial charge in [-0.25, -0.2) is 47.5 Å². The molecular formula is C116H87F4N13O13. The molecule has 0 aliphatic heterocycles. The first-order chi connectivity index (χ1) is 70.6. The fourth-order valence-electron chi connectivity index (χ4n) is 17.6. The van der Waals surface area contributed by atoms with Gasteiger partial charge in [-0.05, 0) is 140 Å². The first kappa shape index (κ1) is 97.5. The van der Waals surface area contributed by atoms with Crippen molar-refractivity contribution < 1.29 is 79.8 Å². The predicted molar refractivity (Wildman–Crippen MR) is 537 cm³/mol. The summed E-state index contributed by atoms with van der Waals surface area (Å²) in [5.41, 5.74) is 18.3. The second kappa shape index (κ2) is 42.4. The summed E-state index contributed by atoms with van der Waals surface area (Å²) in [6, 6.07) is 83.9. The third-order valence-electron chi connectivity index (χ3n) is 25.1. The number of carbonyl (C=O) groups excluding carboxylic acids is 12. The number of ketones is 12. The molecule has 0 spiro atoms. The zero-order chi connectivity index (χ0) is 102. The number of ether oxygens (including phenoxy) is 1. The van der Waals surface area contributed by atoms with Crippen LogP contribution in [0.25, 0.3) is 67.5 Å². The van der Waals surface area contributed by atoms with Crippen molar-refractivity contribution in [3.05, 3.63) is 450 Å². The fourth-order valence-corrected chi connectivity index (χ4v) is 17.6. The van der Waals surface area contributed by atoms with E-state index in [-0.39, 0.29) is 52.7 Å². The van der Waals surface area contributed by atoms with Crippen molar-refractivity contribution in [3.8, 4) is 73.3 Å². The summed E-state index contributed by atoms with van der Waals surface area (Å²) >= 11 is 0. The standard InChI is InChI=1S/C20H15FN2O2.C19H13FN2O3.C19H13FN2O2.C19H15N3O2.C19H14N2O2.C13H10N2O2.C7H7F/c1-11-10-13(21)8-6-12(11)7-9-16-22-17-14-4-2-3-5-15(14)19(24)20(25)18(17)23-16;1-10-8-11(20)6-7-14(10)25-9-15-21-16-12-4-2-3-5-13(12)18(23)19(24)17(16)22-15;20-12-8-5-11(6-9-12)7-10-15-21-16-13-3-1-2-4-14(13)18(23)19(24)17(16)22-15;1-22(12-7-3-2-4-8-12)11-15-20-16-13-9-5-6-10-14(13)18(23)19(24)17(16)21-15;22-18-14-9-5-4-8-13(14)16-17(19(18)23)21-15(20-16)11-10-12-6-2-1-3-7-12;1-2-9-14-10-7-5-3-4-6-8(7)12(16)13(17)11(10)15-9;1-6-3-2-4-7(8)5-6/h2-6,8,10H,7,9H2,1H3,(H,22,23);2-8H,9H2,1H3,(H,21,22);1-6,8-9H,7,10H2,(H,21,22);2-10H,11H2,1H3,(H,20,21);1-9H,10-11H2,(H,20,21);3-6H,2H2,1H3,(H,14,15);2-5H,1H3. The first-order valence-corrected chi connectivity index (χ1v) is 46.7. The number of aryl methyl sites for hydroxylation is 10. The van der Waals surface area contributed by atoms with E-state index in [2.05, 4.69) is 71.9 Å². The second-order valence-corrected chi connectivity index (χ2v) is 34.9. The van der Waals surface area contributed by atoms with Crippen LogP contribution in [-0.2, 0) is 58.1 Å². The zero-order valence-corrected chi connectivity index (χ0v) is 79.0. The molecule has 0 unspecified atom stereocenters. The van der Waals surface area contributed by atoms with Crippen LogP contribution in [0.3, 0.4) is 0 Å². The van der Waals surface area contributed by atoms with Gasteiger partial charge in [-0.2, -0.15) is 0 Å². The fraction of sp³-hybridized carbons (Fsp3) is 0.121. The van der Waals surface area contributed by atoms with Gasteiger partial charge in [0.25, 0.3) is 34.7 Å². The number of rotatable bonds is 16. The van der Waals surface area contributed by atoms with Crippen LogP contribution in [-0.4, -0.2) is 136 Å². The minimum Gasteiger partial charge on any atom is -0.485 e. The van der Waals surface area contributed by atoms with Crippen molar-refractivity contribution in [2.75, 3.05) is 11.9 Å². The molecule has 0 bridgehead atoms. The molecule has 6 aliphatic rings. The molecule has 6 aromatic heterocycles. The molecule has 722 valence electrons. The number of carbonyl (C=O) groups is 12. The molecule has 146 heavy (non-hydrogen) atoms. The maximum absolute atomic E-state index is 13.2. The van der Waals surface area contributed by atoms with E-state index in [1.165, 1.54) is 60.2 Å². The molecular weight excluding hydrogens is 1860 g/mol. The molecule has 24 rings (SSSR count). The van der Waals surface area contributed by atoms with Crippen molar-refractivity contribution in [1.29, 1.82) is 0 Å². The zero-order valence-electron chi connectivity index (χ0n) is 79.0. The molecule has 18 aromatic rings. The summed E-state index contributed by atoms with van der Waals surface area (Å²) in [6.45, 7) is 8.00. The number of halogens is 4. The number of aromatic nitrogens is 12. The van der Waals surface area contributed by atoms with Crippen LogP contribution in [0.5, 0.6) is 5.75 Å². The number of para-hydroxylation sites is 1. The van der Waals surface area contributed by atoms with Crippen LogP contribution >= 0.6 is 0 Å². The third kappa shape index (κ3) is 20.5. The van der Waals surface area contributed by atoms with Crippen LogP contribution in [0.1, 0.15) is 200 Å². The molecule has 6 aliphatic carbocycles. The van der Waals surface area contributed by atoms with Gasteiger partial charge in [0.05, 0.1) is 6.54 Å². The van der Waals surface area contributed by atoms with E-state index in [1.807, 2.05) is 136 Å². The Kier molecular flexibility index (Phi) is 28.3. The van der Waals surface area contributed by atoms with Crippen LogP contribution in [0.15, 0.2) is 291 Å². The number of Topliss-reactive ketones (excluding diaryl/α,β-unsaturated/α-hetero) is 12. The topological polar surface area (TPSA) is 389 Å². The average molecular weight is 1950 g/mol. The third-order valence-corrected chi connectivity index (χ3v) is 25.1. The van der Waals surface area contributed by atoms with Crippen LogP contribution in [0, 0.1) is 44.0 Å². The van der Waals surface area contributed by atoms with Crippen molar-refractivity contribution >= 4 is 75.1 Å². The molecule has 6 N–H and O–H groups in total. The Morgan fingerprint density at radius 2 is 0.555 bits per heavy atom. The maximum Gasteiger partial charge on any atom is 0.251 e. The van der Waals surface area contributed by atoms with Crippen molar-refractivity contribution in [1.82, 2.24) is 59.8 Å². The second-order valence-electron chi connectivity index (χ2n) is 34.9. The van der Waals surface area contributed by atoms with Crippen LogP contribution in [0.4, 0.5) is 23.2 Å². The molecule has 12 aromatic carbocycles.